The minimum atomic E-state index is -0.296. The van der Waals surface area contributed by atoms with Crippen molar-refractivity contribution < 1.29 is 4.74 Å². The molecule has 0 spiro atoms. The van der Waals surface area contributed by atoms with Gasteiger partial charge in [0.2, 0.25) is 0 Å². The summed E-state index contributed by atoms with van der Waals surface area (Å²) in [6.45, 7) is 10.2. The normalized spacial score (nSPS) is 11.8. The van der Waals surface area contributed by atoms with Crippen LogP contribution in [0.1, 0.15) is 52.8 Å². The molecule has 0 radical (unpaired) electrons. The molecule has 1 atom stereocenters. The fourth-order valence-electron chi connectivity index (χ4n) is 1.68. The van der Waals surface area contributed by atoms with Crippen LogP contribution in [0.5, 0.6) is 0 Å². The third-order valence-electron chi connectivity index (χ3n) is 2.60. The molecule has 0 amide bonds. The first-order valence-electron chi connectivity index (χ1n) is 7.21. The lowest BCUT2D eigenvalue weighted by molar-refractivity contribution is 0.115. The molecule has 0 aliphatic carbocycles. The SMILES string of the molecule is CC.CCC[C@@H](CC)NCCOCc1n[nH]c(=O)[nH]1. The number of hydrogen-bond donors (Lipinski definition) is 3. The first-order valence-corrected chi connectivity index (χ1v) is 7.21. The summed E-state index contributed by atoms with van der Waals surface area (Å²) in [6, 6.07) is 0.578. The molecule has 1 aromatic heterocycles. The minimum Gasteiger partial charge on any atom is -0.372 e. The second-order valence-electron chi connectivity index (χ2n) is 4.02. The summed E-state index contributed by atoms with van der Waals surface area (Å²) < 4.78 is 5.39. The molecule has 0 aliphatic heterocycles. The van der Waals surface area contributed by atoms with Gasteiger partial charge in [-0.15, -0.1) is 0 Å². The summed E-state index contributed by atoms with van der Waals surface area (Å²) in [5, 5.41) is 9.49. The van der Waals surface area contributed by atoms with Gasteiger partial charge in [-0.1, -0.05) is 34.1 Å². The summed E-state index contributed by atoms with van der Waals surface area (Å²) in [7, 11) is 0. The molecule has 0 fully saturated rings. The zero-order chi connectivity index (χ0) is 14.5. The molecule has 1 aromatic rings. The molecule has 0 aromatic carbocycles. The lowest BCUT2D eigenvalue weighted by atomic mass is 10.1. The summed E-state index contributed by atoms with van der Waals surface area (Å²) in [6.07, 6.45) is 3.53. The van der Waals surface area contributed by atoms with Crippen LogP contribution in [0, 0.1) is 0 Å². The summed E-state index contributed by atoms with van der Waals surface area (Å²) >= 11 is 0. The number of nitrogens with one attached hydrogen (secondary N) is 3. The molecule has 0 saturated carbocycles. The van der Waals surface area contributed by atoms with Crippen molar-refractivity contribution in [2.75, 3.05) is 13.2 Å². The number of rotatable bonds is 9. The second-order valence-corrected chi connectivity index (χ2v) is 4.02. The molecule has 0 unspecified atom stereocenters. The maximum atomic E-state index is 10.7. The Balaban J connectivity index is 0.00000154. The van der Waals surface area contributed by atoms with E-state index in [2.05, 4.69) is 34.3 Å². The van der Waals surface area contributed by atoms with Crippen LogP contribution in [0.4, 0.5) is 0 Å². The van der Waals surface area contributed by atoms with Gasteiger partial charge in [0.05, 0.1) is 6.61 Å². The van der Waals surface area contributed by atoms with E-state index in [-0.39, 0.29) is 5.69 Å². The summed E-state index contributed by atoms with van der Waals surface area (Å²) in [5.74, 6) is 0.538. The van der Waals surface area contributed by atoms with Crippen molar-refractivity contribution in [3.05, 3.63) is 16.3 Å². The van der Waals surface area contributed by atoms with Crippen LogP contribution < -0.4 is 11.0 Å². The van der Waals surface area contributed by atoms with E-state index in [4.69, 9.17) is 4.74 Å². The van der Waals surface area contributed by atoms with Crippen LogP contribution in [0.2, 0.25) is 0 Å². The Hall–Kier alpha value is -1.14. The lowest BCUT2D eigenvalue weighted by Gasteiger charge is -2.15. The molecule has 3 N–H and O–H groups in total. The fraction of sp³-hybridized carbons (Fsp3) is 0.846. The van der Waals surface area contributed by atoms with E-state index < -0.39 is 0 Å². The van der Waals surface area contributed by atoms with Crippen molar-refractivity contribution in [1.29, 1.82) is 0 Å². The van der Waals surface area contributed by atoms with Gasteiger partial charge in [0.15, 0.2) is 5.82 Å². The average Bonchev–Trinajstić information content (AvgIpc) is 2.85. The maximum Gasteiger partial charge on any atom is 0.340 e. The van der Waals surface area contributed by atoms with Crippen molar-refractivity contribution in [1.82, 2.24) is 20.5 Å². The molecule has 0 bridgehead atoms. The van der Waals surface area contributed by atoms with Gasteiger partial charge in [0.25, 0.3) is 0 Å². The zero-order valence-corrected chi connectivity index (χ0v) is 12.6. The van der Waals surface area contributed by atoms with Crippen LogP contribution in [0.3, 0.4) is 0 Å². The first kappa shape index (κ1) is 17.9. The van der Waals surface area contributed by atoms with Gasteiger partial charge in [-0.3, -0.25) is 4.98 Å². The molecule has 0 saturated heterocycles. The van der Waals surface area contributed by atoms with E-state index in [9.17, 15) is 4.79 Å². The standard InChI is InChI=1S/C11H22N4O2.C2H6/c1-3-5-9(4-2)12-6-7-17-8-10-13-11(16)15-14-10;1-2/h9,12H,3-8H2,1-2H3,(H2,13,14,15,16);1-2H3/t9-;/m1./s1. The van der Waals surface area contributed by atoms with E-state index in [0.29, 0.717) is 25.1 Å². The van der Waals surface area contributed by atoms with Gasteiger partial charge in [-0.2, -0.15) is 5.10 Å². The minimum absolute atomic E-state index is 0.296. The van der Waals surface area contributed by atoms with Crippen LogP contribution in [-0.2, 0) is 11.3 Å². The Morgan fingerprint density at radius 1 is 1.37 bits per heavy atom. The van der Waals surface area contributed by atoms with Crippen molar-refractivity contribution in [2.45, 2.75) is 59.6 Å². The third-order valence-corrected chi connectivity index (χ3v) is 2.60. The first-order chi connectivity index (χ1) is 9.26. The highest BCUT2D eigenvalue weighted by molar-refractivity contribution is 4.76. The number of aromatic nitrogens is 3. The summed E-state index contributed by atoms with van der Waals surface area (Å²) in [4.78, 5) is 13.3. The van der Waals surface area contributed by atoms with E-state index in [1.165, 1.54) is 12.8 Å². The Bertz CT molecular complexity index is 348. The quantitative estimate of drug-likeness (QED) is 0.599. The number of ether oxygens (including phenoxy) is 1. The highest BCUT2D eigenvalue weighted by Crippen LogP contribution is 2.00. The van der Waals surface area contributed by atoms with Crippen LogP contribution >= 0.6 is 0 Å². The molecule has 19 heavy (non-hydrogen) atoms. The van der Waals surface area contributed by atoms with E-state index in [0.717, 1.165) is 13.0 Å². The Kier molecular flexibility index (Phi) is 11.2. The topological polar surface area (TPSA) is 82.8 Å². The number of aromatic amines is 2. The Labute approximate surface area is 115 Å². The van der Waals surface area contributed by atoms with Crippen molar-refractivity contribution in [3.63, 3.8) is 0 Å². The second kappa shape index (κ2) is 11.9. The van der Waals surface area contributed by atoms with Gasteiger partial charge in [0, 0.05) is 12.6 Å². The van der Waals surface area contributed by atoms with Crippen LogP contribution in [0.25, 0.3) is 0 Å². The lowest BCUT2D eigenvalue weighted by Crippen LogP contribution is -2.31. The molecule has 6 heteroatoms. The molecule has 0 aliphatic rings. The number of nitrogens with zero attached hydrogens (tertiary/aromatic N) is 1. The van der Waals surface area contributed by atoms with E-state index in [1.54, 1.807) is 0 Å². The monoisotopic (exact) mass is 272 g/mol. The zero-order valence-electron chi connectivity index (χ0n) is 12.6. The van der Waals surface area contributed by atoms with Gasteiger partial charge in [0.1, 0.15) is 6.61 Å². The predicted octanol–water partition coefficient (Wildman–Crippen LogP) is 1.81. The fourth-order valence-corrected chi connectivity index (χ4v) is 1.68. The maximum absolute atomic E-state index is 10.7. The smallest absolute Gasteiger partial charge is 0.340 e. The highest BCUT2D eigenvalue weighted by atomic mass is 16.5. The number of hydrogen-bond acceptors (Lipinski definition) is 4. The average molecular weight is 272 g/mol. The molecule has 1 rings (SSSR count). The van der Waals surface area contributed by atoms with E-state index in [1.807, 2.05) is 13.8 Å². The highest BCUT2D eigenvalue weighted by Gasteiger charge is 2.03. The van der Waals surface area contributed by atoms with Gasteiger partial charge in [-0.25, -0.2) is 9.89 Å². The van der Waals surface area contributed by atoms with Crippen molar-refractivity contribution in [3.8, 4) is 0 Å². The summed E-state index contributed by atoms with van der Waals surface area (Å²) in [5.41, 5.74) is -0.296. The molecule has 112 valence electrons. The van der Waals surface area contributed by atoms with Crippen LogP contribution in [0.15, 0.2) is 4.79 Å². The van der Waals surface area contributed by atoms with Crippen molar-refractivity contribution >= 4 is 0 Å². The molecule has 1 heterocycles. The molecule has 6 nitrogen and oxygen atoms in total. The third kappa shape index (κ3) is 8.56. The van der Waals surface area contributed by atoms with Gasteiger partial charge >= 0.3 is 5.69 Å². The Morgan fingerprint density at radius 2 is 2.11 bits per heavy atom. The predicted molar refractivity (Wildman–Crippen MR) is 77.2 cm³/mol. The van der Waals surface area contributed by atoms with E-state index >= 15 is 0 Å². The van der Waals surface area contributed by atoms with Crippen molar-refractivity contribution in [2.24, 2.45) is 0 Å². The van der Waals surface area contributed by atoms with Crippen LogP contribution in [-0.4, -0.2) is 34.4 Å². The number of H-pyrrole nitrogens is 2. The largest absolute Gasteiger partial charge is 0.372 e. The Morgan fingerprint density at radius 3 is 2.63 bits per heavy atom. The van der Waals surface area contributed by atoms with Gasteiger partial charge in [-0.05, 0) is 12.8 Å². The van der Waals surface area contributed by atoms with Gasteiger partial charge < -0.3 is 10.1 Å². The molecular weight excluding hydrogens is 244 g/mol. The molecular formula is C13H28N4O2.